The van der Waals surface area contributed by atoms with Crippen molar-refractivity contribution in [1.82, 2.24) is 15.3 Å². The first-order chi connectivity index (χ1) is 16.1. The van der Waals surface area contributed by atoms with E-state index in [1.807, 2.05) is 24.4 Å². The molecule has 1 aliphatic heterocycles. The van der Waals surface area contributed by atoms with Gasteiger partial charge in [-0.3, -0.25) is 9.69 Å². The van der Waals surface area contributed by atoms with E-state index in [0.29, 0.717) is 11.6 Å². The van der Waals surface area contributed by atoms with Crippen LogP contribution < -0.4 is 10.7 Å². The van der Waals surface area contributed by atoms with Gasteiger partial charge in [0.05, 0.1) is 11.9 Å². The molecule has 2 heterocycles. The lowest BCUT2D eigenvalue weighted by Crippen LogP contribution is -2.34. The summed E-state index contributed by atoms with van der Waals surface area (Å²) >= 11 is 6.26. The van der Waals surface area contributed by atoms with E-state index in [1.165, 1.54) is 12.1 Å². The lowest BCUT2D eigenvalue weighted by molar-refractivity contribution is 0.0950. The summed E-state index contributed by atoms with van der Waals surface area (Å²) in [4.78, 5) is 18.9. The van der Waals surface area contributed by atoms with Gasteiger partial charge in [-0.05, 0) is 79.9 Å². The number of pyridine rings is 1. The van der Waals surface area contributed by atoms with Crippen LogP contribution in [0.3, 0.4) is 0 Å². The van der Waals surface area contributed by atoms with E-state index < -0.39 is 0 Å². The number of carbonyl (C=O) groups is 1. The zero-order chi connectivity index (χ0) is 23.0. The normalized spacial score (nSPS) is 15.0. The smallest absolute Gasteiger partial charge is 0.289 e. The summed E-state index contributed by atoms with van der Waals surface area (Å²) in [6.07, 6.45) is 5.32. The van der Waals surface area contributed by atoms with Crippen LogP contribution >= 0.6 is 11.6 Å². The quantitative estimate of drug-likeness (QED) is 0.369. The molecule has 33 heavy (non-hydrogen) atoms. The van der Waals surface area contributed by atoms with Gasteiger partial charge < -0.3 is 5.32 Å². The maximum absolute atomic E-state index is 13.0. The van der Waals surface area contributed by atoms with Crippen LogP contribution in [0.1, 0.15) is 28.9 Å². The predicted molar refractivity (Wildman–Crippen MR) is 129 cm³/mol. The van der Waals surface area contributed by atoms with Crippen LogP contribution in [0.15, 0.2) is 72.0 Å². The number of hydrogen-bond donors (Lipinski definition) is 2. The zero-order valence-electron chi connectivity index (χ0n) is 18.0. The topological polar surface area (TPSA) is 69.6 Å². The molecular weight excluding hydrogens is 441 g/mol. The maximum Gasteiger partial charge on any atom is 0.289 e. The monoisotopic (exact) mass is 465 g/mol. The van der Waals surface area contributed by atoms with Gasteiger partial charge in [0, 0.05) is 23.5 Å². The molecule has 1 amide bonds. The molecule has 0 spiro atoms. The summed E-state index contributed by atoms with van der Waals surface area (Å²) in [6.45, 7) is 2.76. The van der Waals surface area contributed by atoms with Gasteiger partial charge in [0.2, 0.25) is 0 Å². The Balaban J connectivity index is 1.21. The number of anilines is 2. The van der Waals surface area contributed by atoms with Crippen molar-refractivity contribution in [3.05, 3.63) is 89.0 Å². The molecule has 2 aromatic carbocycles. The minimum Gasteiger partial charge on any atom is -0.354 e. The van der Waals surface area contributed by atoms with Gasteiger partial charge >= 0.3 is 0 Å². The highest BCUT2D eigenvalue weighted by molar-refractivity contribution is 6.31. The molecule has 3 aromatic rings. The first-order valence-electron chi connectivity index (χ1n) is 10.8. The number of piperidine rings is 1. The minimum atomic E-state index is -0.365. The van der Waals surface area contributed by atoms with Gasteiger partial charge in [-0.1, -0.05) is 29.8 Å². The molecule has 4 rings (SSSR count). The number of hydrazone groups is 1. The number of halogens is 2. The van der Waals surface area contributed by atoms with E-state index in [-0.39, 0.29) is 17.4 Å². The third-order valence-electron chi connectivity index (χ3n) is 5.56. The number of amides is 1. The van der Waals surface area contributed by atoms with Crippen molar-refractivity contribution >= 4 is 35.1 Å². The number of carbonyl (C=O) groups excluding carboxylic acids is 1. The van der Waals surface area contributed by atoms with Gasteiger partial charge in [0.15, 0.2) is 0 Å². The van der Waals surface area contributed by atoms with Crippen LogP contribution in [-0.4, -0.2) is 35.1 Å². The molecule has 0 bridgehead atoms. The summed E-state index contributed by atoms with van der Waals surface area (Å²) in [5.74, 6) is -0.340. The van der Waals surface area contributed by atoms with Gasteiger partial charge in [-0.25, -0.2) is 14.8 Å². The number of hydrogen-bond acceptors (Lipinski definition) is 5. The predicted octanol–water partition coefficient (Wildman–Crippen LogP) is 5.25. The molecule has 1 fully saturated rings. The Morgan fingerprint density at radius 3 is 2.52 bits per heavy atom. The fourth-order valence-electron chi connectivity index (χ4n) is 3.69. The Morgan fingerprint density at radius 2 is 1.82 bits per heavy atom. The number of likely N-dealkylation sites (tertiary alicyclic amines) is 1. The maximum atomic E-state index is 13.0. The van der Waals surface area contributed by atoms with Gasteiger partial charge in [0.1, 0.15) is 11.5 Å². The van der Waals surface area contributed by atoms with Crippen molar-refractivity contribution in [2.75, 3.05) is 18.4 Å². The molecule has 0 unspecified atom stereocenters. The van der Waals surface area contributed by atoms with Gasteiger partial charge in [0.25, 0.3) is 5.91 Å². The standard InChI is InChI=1S/C25H25ClFN5O/c26-23-4-2-1-3-19(23)17-32-13-11-18(12-14-32)15-29-31-25(33)24-10-9-22(16-28-24)30-21-7-5-20(27)6-8-21/h1-10,15-16,18,30H,11-14,17H2,(H,31,33). The first-order valence-corrected chi connectivity index (χ1v) is 11.2. The lowest BCUT2D eigenvalue weighted by Gasteiger charge is -2.30. The molecule has 0 radical (unpaired) electrons. The van der Waals surface area contributed by atoms with Crippen LogP contribution in [0, 0.1) is 11.7 Å². The Morgan fingerprint density at radius 1 is 1.09 bits per heavy atom. The van der Waals surface area contributed by atoms with E-state index in [1.54, 1.807) is 30.5 Å². The summed E-state index contributed by atoms with van der Waals surface area (Å²) in [6, 6.07) is 17.3. The zero-order valence-corrected chi connectivity index (χ0v) is 18.8. The number of benzene rings is 2. The Bertz CT molecular complexity index is 1100. The number of nitrogens with zero attached hydrogens (tertiary/aromatic N) is 3. The highest BCUT2D eigenvalue weighted by Gasteiger charge is 2.18. The Labute approximate surface area is 197 Å². The lowest BCUT2D eigenvalue weighted by atomic mass is 9.98. The van der Waals surface area contributed by atoms with Crippen molar-refractivity contribution in [3.8, 4) is 0 Å². The SMILES string of the molecule is O=C(NN=CC1CCN(Cc2ccccc2Cl)CC1)c1ccc(Nc2ccc(F)cc2)cn1. The summed E-state index contributed by atoms with van der Waals surface area (Å²) < 4.78 is 13.0. The van der Waals surface area contributed by atoms with E-state index in [9.17, 15) is 9.18 Å². The average molecular weight is 466 g/mol. The molecule has 1 aromatic heterocycles. The van der Waals surface area contributed by atoms with Crippen LogP contribution in [0.5, 0.6) is 0 Å². The molecular formula is C25H25ClFN5O. The molecule has 1 aliphatic rings. The molecule has 1 saturated heterocycles. The number of aromatic nitrogens is 1. The second-order valence-electron chi connectivity index (χ2n) is 7.99. The molecule has 170 valence electrons. The second kappa shape index (κ2) is 11.0. The summed E-state index contributed by atoms with van der Waals surface area (Å²) in [5, 5.41) is 8.04. The fraction of sp³-hybridized carbons (Fsp3) is 0.240. The molecule has 0 atom stereocenters. The largest absolute Gasteiger partial charge is 0.354 e. The summed E-state index contributed by atoms with van der Waals surface area (Å²) in [5.41, 5.74) is 5.40. The van der Waals surface area contributed by atoms with Crippen LogP contribution in [0.25, 0.3) is 0 Å². The van der Waals surface area contributed by atoms with E-state index >= 15 is 0 Å². The molecule has 2 N–H and O–H groups in total. The third-order valence-corrected chi connectivity index (χ3v) is 5.93. The van der Waals surface area contributed by atoms with Crippen LogP contribution in [0.2, 0.25) is 5.02 Å². The first kappa shape index (κ1) is 22.9. The van der Waals surface area contributed by atoms with Crippen LogP contribution in [-0.2, 0) is 6.54 Å². The molecule has 6 nitrogen and oxygen atoms in total. The van der Waals surface area contributed by atoms with E-state index in [0.717, 1.165) is 48.7 Å². The van der Waals surface area contributed by atoms with Crippen molar-refractivity contribution in [3.63, 3.8) is 0 Å². The Kier molecular flexibility index (Phi) is 7.65. The van der Waals surface area contributed by atoms with Gasteiger partial charge in [-0.15, -0.1) is 0 Å². The van der Waals surface area contributed by atoms with E-state index in [2.05, 4.69) is 31.8 Å². The summed E-state index contributed by atoms with van der Waals surface area (Å²) in [7, 11) is 0. The fourth-order valence-corrected chi connectivity index (χ4v) is 3.88. The second-order valence-corrected chi connectivity index (χ2v) is 8.40. The average Bonchev–Trinajstić information content (AvgIpc) is 2.83. The number of rotatable bonds is 7. The minimum absolute atomic E-state index is 0.270. The van der Waals surface area contributed by atoms with Crippen molar-refractivity contribution in [2.45, 2.75) is 19.4 Å². The molecule has 8 heteroatoms. The number of nitrogens with one attached hydrogen (secondary N) is 2. The van der Waals surface area contributed by atoms with Crippen molar-refractivity contribution < 1.29 is 9.18 Å². The Hall–Kier alpha value is -3.29. The highest BCUT2D eigenvalue weighted by Crippen LogP contribution is 2.21. The highest BCUT2D eigenvalue weighted by atomic mass is 35.5. The van der Waals surface area contributed by atoms with E-state index in [4.69, 9.17) is 11.6 Å². The molecule has 0 saturated carbocycles. The van der Waals surface area contributed by atoms with Crippen molar-refractivity contribution in [2.24, 2.45) is 11.0 Å². The third kappa shape index (κ3) is 6.60. The van der Waals surface area contributed by atoms with Gasteiger partial charge in [-0.2, -0.15) is 5.10 Å². The van der Waals surface area contributed by atoms with Crippen LogP contribution in [0.4, 0.5) is 15.8 Å². The van der Waals surface area contributed by atoms with Crippen molar-refractivity contribution in [1.29, 1.82) is 0 Å². The molecule has 0 aliphatic carbocycles.